The molecule has 0 heterocycles. The molecule has 148 valence electrons. The Labute approximate surface area is 170 Å². The number of fused-ring (bicyclic) bond motifs is 1. The molecule has 0 aromatic rings. The van der Waals surface area contributed by atoms with Gasteiger partial charge in [-0.2, -0.15) is 0 Å². The Morgan fingerprint density at radius 1 is 0.964 bits per heavy atom. The number of hydrogen-bond acceptors (Lipinski definition) is 0. The molecule has 14 bridgehead atoms. The molecule has 14 unspecified atom stereocenters. The summed E-state index contributed by atoms with van der Waals surface area (Å²) in [5.41, 5.74) is 7.84. The van der Waals surface area contributed by atoms with Crippen molar-refractivity contribution in [2.75, 3.05) is 0 Å². The standard InChI is InChI=1S/C28H36/c1-11-6-19-13-8-18-17-10-28(19)23-16(13)7-14-15-9-20(23)26(3,4)24(17)22(14)21(15)12(2)25(28)27(11,18)5/h7,11-13,17-25H,6,8-10H2,1-5H3. The SMILES string of the molecule is CC1C2C3=C4C=C5C6CC7C8CC9(C6CC(C)C7(C)C19)C5C(C3)C(C)(C)C8C42. The van der Waals surface area contributed by atoms with Crippen LogP contribution in [0, 0.1) is 87.3 Å². The first-order valence-electron chi connectivity index (χ1n) is 12.8. The first-order chi connectivity index (χ1) is 13.3. The lowest BCUT2D eigenvalue weighted by Crippen LogP contribution is -2.67. The summed E-state index contributed by atoms with van der Waals surface area (Å²) < 4.78 is 0. The molecule has 11 saturated carbocycles. The average molecular weight is 373 g/mol. The molecule has 0 nitrogen and oxygen atoms in total. The fourth-order valence-corrected chi connectivity index (χ4v) is 14.1. The second kappa shape index (κ2) is 3.78. The quantitative estimate of drug-likeness (QED) is 0.465. The largest absolute Gasteiger partial charge is 0.0625 e. The van der Waals surface area contributed by atoms with E-state index in [1.54, 1.807) is 19.3 Å². The van der Waals surface area contributed by atoms with Crippen LogP contribution in [0.5, 0.6) is 0 Å². The maximum absolute atomic E-state index is 2.92. The van der Waals surface area contributed by atoms with Gasteiger partial charge in [-0.1, -0.05) is 51.8 Å². The van der Waals surface area contributed by atoms with E-state index in [0.717, 1.165) is 71.0 Å². The zero-order chi connectivity index (χ0) is 18.7. The van der Waals surface area contributed by atoms with Crippen LogP contribution in [0.1, 0.15) is 60.3 Å². The van der Waals surface area contributed by atoms with Gasteiger partial charge < -0.3 is 0 Å². The van der Waals surface area contributed by atoms with Gasteiger partial charge in [0.1, 0.15) is 0 Å². The molecule has 28 heavy (non-hydrogen) atoms. The minimum Gasteiger partial charge on any atom is -0.0625 e. The molecule has 0 aromatic carbocycles. The number of allylic oxidation sites excluding steroid dienone is 4. The van der Waals surface area contributed by atoms with Crippen molar-refractivity contribution in [2.24, 2.45) is 87.3 Å². The van der Waals surface area contributed by atoms with Crippen LogP contribution in [0.25, 0.3) is 0 Å². The smallest absolute Gasteiger partial charge is 0.00575 e. The van der Waals surface area contributed by atoms with E-state index in [1.807, 2.05) is 16.7 Å². The van der Waals surface area contributed by atoms with E-state index in [2.05, 4.69) is 40.7 Å². The molecule has 0 N–H and O–H groups in total. The lowest BCUT2D eigenvalue weighted by Gasteiger charge is -2.72. The minimum absolute atomic E-state index is 0.554. The van der Waals surface area contributed by atoms with Gasteiger partial charge in [-0.25, -0.2) is 0 Å². The van der Waals surface area contributed by atoms with Gasteiger partial charge in [-0.3, -0.25) is 0 Å². The monoisotopic (exact) mass is 372 g/mol. The Bertz CT molecular complexity index is 947. The zero-order valence-electron chi connectivity index (χ0n) is 18.3. The second-order valence-electron chi connectivity index (χ2n) is 14.2. The van der Waals surface area contributed by atoms with Crippen molar-refractivity contribution in [2.45, 2.75) is 60.3 Å². The molecule has 14 aliphatic carbocycles. The fourth-order valence-electron chi connectivity index (χ4n) is 14.1. The van der Waals surface area contributed by atoms with Crippen LogP contribution in [-0.2, 0) is 0 Å². The zero-order valence-corrected chi connectivity index (χ0v) is 18.3. The Hall–Kier alpha value is -0.520. The summed E-state index contributed by atoms with van der Waals surface area (Å²) >= 11 is 0. The average Bonchev–Trinajstić information content (AvgIpc) is 2.82. The summed E-state index contributed by atoms with van der Waals surface area (Å²) in [4.78, 5) is 0. The summed E-state index contributed by atoms with van der Waals surface area (Å²) in [6.45, 7) is 13.9. The Balaban J connectivity index is 1.54. The summed E-state index contributed by atoms with van der Waals surface area (Å²) in [6, 6.07) is 0. The first kappa shape index (κ1) is 15.3. The molecular weight excluding hydrogens is 336 g/mol. The highest BCUT2D eigenvalue weighted by Gasteiger charge is 2.84. The summed E-state index contributed by atoms with van der Waals surface area (Å²) in [5, 5.41) is 0. The Kier molecular flexibility index (Phi) is 2.06. The van der Waals surface area contributed by atoms with Crippen molar-refractivity contribution >= 4 is 0 Å². The van der Waals surface area contributed by atoms with E-state index in [1.165, 1.54) is 6.42 Å². The summed E-state index contributed by atoms with van der Waals surface area (Å²) in [6.07, 6.45) is 9.21. The number of rotatable bonds is 0. The number of hydrogen-bond donors (Lipinski definition) is 0. The fraction of sp³-hybridized carbons (Fsp3) is 0.857. The molecule has 11 fully saturated rings. The van der Waals surface area contributed by atoms with Gasteiger partial charge in [-0.05, 0) is 119 Å². The minimum atomic E-state index is 0.554. The second-order valence-corrected chi connectivity index (χ2v) is 14.2. The predicted octanol–water partition coefficient (Wildman–Crippen LogP) is 6.35. The van der Waals surface area contributed by atoms with Crippen molar-refractivity contribution in [1.82, 2.24) is 0 Å². The van der Waals surface area contributed by atoms with Crippen LogP contribution in [0.2, 0.25) is 0 Å². The molecule has 0 radical (unpaired) electrons. The van der Waals surface area contributed by atoms with E-state index in [-0.39, 0.29) is 0 Å². The van der Waals surface area contributed by atoms with E-state index < -0.39 is 0 Å². The van der Waals surface area contributed by atoms with Crippen molar-refractivity contribution in [1.29, 1.82) is 0 Å². The Morgan fingerprint density at radius 3 is 2.61 bits per heavy atom. The maximum atomic E-state index is 2.92. The molecule has 0 amide bonds. The van der Waals surface area contributed by atoms with Gasteiger partial charge in [0.2, 0.25) is 0 Å². The highest BCUT2D eigenvalue weighted by molar-refractivity contribution is 5.55. The topological polar surface area (TPSA) is 0 Å². The summed E-state index contributed by atoms with van der Waals surface area (Å²) in [5.74, 6) is 11.8. The van der Waals surface area contributed by atoms with Crippen molar-refractivity contribution in [3.8, 4) is 0 Å². The maximum Gasteiger partial charge on any atom is -0.00575 e. The Morgan fingerprint density at radius 2 is 1.79 bits per heavy atom. The van der Waals surface area contributed by atoms with Gasteiger partial charge >= 0.3 is 0 Å². The highest BCUT2D eigenvalue weighted by Crippen LogP contribution is 2.90. The molecule has 0 heteroatoms. The van der Waals surface area contributed by atoms with Crippen molar-refractivity contribution in [3.63, 3.8) is 0 Å². The van der Waals surface area contributed by atoms with E-state index in [0.29, 0.717) is 16.2 Å². The molecular formula is C28H36. The third-order valence-corrected chi connectivity index (χ3v) is 14.3. The van der Waals surface area contributed by atoms with Crippen molar-refractivity contribution < 1.29 is 0 Å². The van der Waals surface area contributed by atoms with E-state index >= 15 is 0 Å². The van der Waals surface area contributed by atoms with Gasteiger partial charge in [0, 0.05) is 0 Å². The lowest BCUT2D eigenvalue weighted by molar-refractivity contribution is -0.230. The molecule has 14 aliphatic rings. The van der Waals surface area contributed by atoms with E-state index in [9.17, 15) is 0 Å². The third kappa shape index (κ3) is 1.05. The molecule has 0 aromatic heterocycles. The normalized spacial score (nSPS) is 71.8. The van der Waals surface area contributed by atoms with Crippen LogP contribution in [0.3, 0.4) is 0 Å². The molecule has 14 rings (SSSR count). The third-order valence-electron chi connectivity index (χ3n) is 14.3. The van der Waals surface area contributed by atoms with Gasteiger partial charge in [0.25, 0.3) is 0 Å². The molecule has 1 spiro atoms. The van der Waals surface area contributed by atoms with Crippen LogP contribution < -0.4 is 0 Å². The molecule has 14 atom stereocenters. The molecule has 0 aliphatic heterocycles. The van der Waals surface area contributed by atoms with Gasteiger partial charge in [0.15, 0.2) is 0 Å². The van der Waals surface area contributed by atoms with Gasteiger partial charge in [-0.15, -0.1) is 0 Å². The highest BCUT2D eigenvalue weighted by atomic mass is 14.9. The lowest BCUT2D eigenvalue weighted by atomic mass is 9.32. The predicted molar refractivity (Wildman–Crippen MR) is 111 cm³/mol. The summed E-state index contributed by atoms with van der Waals surface area (Å²) in [7, 11) is 0. The van der Waals surface area contributed by atoms with Crippen LogP contribution >= 0.6 is 0 Å². The first-order valence-corrected chi connectivity index (χ1v) is 12.8. The molecule has 0 saturated heterocycles. The van der Waals surface area contributed by atoms with Gasteiger partial charge in [0.05, 0.1) is 0 Å². The van der Waals surface area contributed by atoms with E-state index in [4.69, 9.17) is 0 Å². The van der Waals surface area contributed by atoms with Crippen LogP contribution in [0.4, 0.5) is 0 Å². The van der Waals surface area contributed by atoms with Crippen molar-refractivity contribution in [3.05, 3.63) is 22.8 Å². The van der Waals surface area contributed by atoms with Crippen LogP contribution in [-0.4, -0.2) is 0 Å². The van der Waals surface area contributed by atoms with Crippen LogP contribution in [0.15, 0.2) is 22.8 Å².